The largest absolute Gasteiger partial charge is 0.491 e. The van der Waals surface area contributed by atoms with Crippen molar-refractivity contribution in [3.05, 3.63) is 35.9 Å². The van der Waals surface area contributed by atoms with E-state index < -0.39 is 0 Å². The van der Waals surface area contributed by atoms with Gasteiger partial charge in [0.15, 0.2) is 0 Å². The van der Waals surface area contributed by atoms with Crippen LogP contribution >= 0.6 is 15.9 Å². The van der Waals surface area contributed by atoms with Gasteiger partial charge in [-0.2, -0.15) is 5.56 Å². The zero-order chi connectivity index (χ0) is 15.2. The standard InChI is InChI=1S/C16H19BrNO3.Y/c1-3-18-15(9-8-14(17)16(18)19)12-4-6-13(7-5-12)21-11-10-20-2;/h4-7,14H,3,8,10-11H2,1-2H3;/q-1;. The van der Waals surface area contributed by atoms with Gasteiger partial charge >= 0.3 is 0 Å². The summed E-state index contributed by atoms with van der Waals surface area (Å²) < 4.78 is 10.5. The minimum absolute atomic E-state index is 0. The van der Waals surface area contributed by atoms with Gasteiger partial charge in [0.25, 0.3) is 0 Å². The van der Waals surface area contributed by atoms with Gasteiger partial charge < -0.3 is 14.4 Å². The molecule has 1 amide bonds. The summed E-state index contributed by atoms with van der Waals surface area (Å²) in [5.74, 6) is 0.881. The number of hydrogen-bond donors (Lipinski definition) is 0. The minimum atomic E-state index is -0.169. The third-order valence-electron chi connectivity index (χ3n) is 3.25. The molecule has 1 atom stereocenters. The number of allylic oxidation sites excluding steroid dienone is 1. The van der Waals surface area contributed by atoms with E-state index in [1.807, 2.05) is 31.2 Å². The number of amides is 1. The van der Waals surface area contributed by atoms with E-state index in [-0.39, 0.29) is 43.4 Å². The maximum absolute atomic E-state index is 12.2. The average Bonchev–Trinajstić information content (AvgIpc) is 2.51. The number of rotatable bonds is 6. The van der Waals surface area contributed by atoms with Crippen LogP contribution in [0.4, 0.5) is 0 Å². The molecule has 0 bridgehead atoms. The first-order valence-corrected chi connectivity index (χ1v) is 7.87. The first-order valence-electron chi connectivity index (χ1n) is 6.95. The molecule has 1 aliphatic heterocycles. The molecule has 1 aromatic carbocycles. The average molecular weight is 442 g/mol. The molecule has 0 saturated heterocycles. The normalized spacial score (nSPS) is 17.8. The summed E-state index contributed by atoms with van der Waals surface area (Å²) in [7, 11) is 1.64. The molecule has 0 spiro atoms. The van der Waals surface area contributed by atoms with Crippen LogP contribution in [0, 0.1) is 6.08 Å². The summed E-state index contributed by atoms with van der Waals surface area (Å²) in [5, 5.41) is 0. The molecule has 4 nitrogen and oxygen atoms in total. The van der Waals surface area contributed by atoms with Gasteiger partial charge in [-0.05, 0) is 19.1 Å². The second-order valence-electron chi connectivity index (χ2n) is 4.65. The van der Waals surface area contributed by atoms with E-state index in [1.165, 1.54) is 0 Å². The van der Waals surface area contributed by atoms with Crippen LogP contribution in [0.25, 0.3) is 5.70 Å². The van der Waals surface area contributed by atoms with Crippen molar-refractivity contribution in [2.45, 2.75) is 18.2 Å². The minimum Gasteiger partial charge on any atom is -0.491 e. The predicted molar refractivity (Wildman–Crippen MR) is 85.2 cm³/mol. The molecule has 117 valence electrons. The summed E-state index contributed by atoms with van der Waals surface area (Å²) in [6.45, 7) is 3.68. The molecule has 0 aliphatic carbocycles. The second-order valence-corrected chi connectivity index (χ2v) is 5.75. The third-order valence-corrected chi connectivity index (χ3v) is 3.97. The number of alkyl halides is 1. The van der Waals surface area contributed by atoms with Crippen molar-refractivity contribution >= 4 is 27.5 Å². The molecule has 1 radical (unpaired) electrons. The van der Waals surface area contributed by atoms with Crippen molar-refractivity contribution in [2.75, 3.05) is 26.9 Å². The molecule has 1 heterocycles. The quantitative estimate of drug-likeness (QED) is 0.387. The zero-order valence-electron chi connectivity index (χ0n) is 12.8. The molecule has 0 N–H and O–H groups in total. The van der Waals surface area contributed by atoms with Gasteiger partial charge in [0, 0.05) is 46.4 Å². The number of nitrogens with zero attached hydrogens (tertiary/aromatic N) is 1. The van der Waals surface area contributed by atoms with Gasteiger partial charge in [0.05, 0.1) is 11.4 Å². The first-order chi connectivity index (χ1) is 10.2. The number of methoxy groups -OCH3 is 1. The number of carbonyl (C=O) groups excluding carboxylic acids is 1. The molecule has 22 heavy (non-hydrogen) atoms. The molecule has 1 unspecified atom stereocenters. The van der Waals surface area contributed by atoms with Crippen LogP contribution in [0.15, 0.2) is 24.3 Å². The van der Waals surface area contributed by atoms with E-state index in [2.05, 4.69) is 22.0 Å². The Morgan fingerprint density at radius 2 is 2.00 bits per heavy atom. The van der Waals surface area contributed by atoms with Crippen LogP contribution in [0.2, 0.25) is 0 Å². The third kappa shape index (κ3) is 4.88. The second kappa shape index (κ2) is 9.81. The SMILES string of the molecule is CCN1C(=O)C(Br)C[C-]=C1c1ccc(OCCOC)cc1.[Y]. The van der Waals surface area contributed by atoms with Crippen LogP contribution in [0.5, 0.6) is 5.75 Å². The van der Waals surface area contributed by atoms with Crippen molar-refractivity contribution in [3.8, 4) is 5.75 Å². The monoisotopic (exact) mass is 441 g/mol. The number of carbonyl (C=O) groups is 1. The molecular formula is C16H19BrNO3Y-. The summed E-state index contributed by atoms with van der Waals surface area (Å²) in [6.07, 6.45) is 3.90. The number of hydrogen-bond acceptors (Lipinski definition) is 3. The number of ether oxygens (including phenoxy) is 2. The fourth-order valence-corrected chi connectivity index (χ4v) is 2.58. The van der Waals surface area contributed by atoms with E-state index in [4.69, 9.17) is 9.47 Å². The summed E-state index contributed by atoms with van der Waals surface area (Å²) in [5.41, 5.74) is 1.82. The van der Waals surface area contributed by atoms with Gasteiger partial charge in [-0.15, -0.1) is 17.8 Å². The Balaban J connectivity index is 0.00000242. The molecule has 2 rings (SSSR count). The molecular weight excluding hydrogens is 423 g/mol. The summed E-state index contributed by atoms with van der Waals surface area (Å²) in [4.78, 5) is 13.7. The number of halogens is 1. The molecule has 1 aliphatic rings. The predicted octanol–water partition coefficient (Wildman–Crippen LogP) is 2.87. The Morgan fingerprint density at radius 1 is 1.32 bits per heavy atom. The number of benzene rings is 1. The fraction of sp³-hybridized carbons (Fsp3) is 0.438. The molecule has 1 aromatic rings. The van der Waals surface area contributed by atoms with Crippen molar-refractivity contribution in [2.24, 2.45) is 0 Å². The van der Waals surface area contributed by atoms with Crippen molar-refractivity contribution < 1.29 is 47.0 Å². The Labute approximate surface area is 165 Å². The fourth-order valence-electron chi connectivity index (χ4n) is 2.17. The van der Waals surface area contributed by atoms with Crippen LogP contribution in [-0.2, 0) is 42.2 Å². The van der Waals surface area contributed by atoms with Gasteiger partial charge in [-0.3, -0.25) is 4.79 Å². The molecule has 0 aromatic heterocycles. The van der Waals surface area contributed by atoms with Crippen molar-refractivity contribution in [3.63, 3.8) is 0 Å². The molecule has 6 heteroatoms. The van der Waals surface area contributed by atoms with Crippen LogP contribution in [0.1, 0.15) is 18.9 Å². The molecule has 0 saturated carbocycles. The maximum Gasteiger partial charge on any atom is 0.236 e. The van der Waals surface area contributed by atoms with Crippen molar-refractivity contribution in [1.29, 1.82) is 0 Å². The van der Waals surface area contributed by atoms with E-state index >= 15 is 0 Å². The van der Waals surface area contributed by atoms with E-state index in [0.717, 1.165) is 17.0 Å². The van der Waals surface area contributed by atoms with E-state index in [9.17, 15) is 4.79 Å². The Hall–Kier alpha value is -0.226. The van der Waals surface area contributed by atoms with Crippen LogP contribution in [0.3, 0.4) is 0 Å². The van der Waals surface area contributed by atoms with Crippen molar-refractivity contribution in [1.82, 2.24) is 4.90 Å². The smallest absolute Gasteiger partial charge is 0.236 e. The molecule has 0 fully saturated rings. The van der Waals surface area contributed by atoms with E-state index in [1.54, 1.807) is 12.0 Å². The van der Waals surface area contributed by atoms with Crippen LogP contribution in [-0.4, -0.2) is 42.5 Å². The van der Waals surface area contributed by atoms with E-state index in [0.29, 0.717) is 26.2 Å². The maximum atomic E-state index is 12.2. The topological polar surface area (TPSA) is 38.8 Å². The van der Waals surface area contributed by atoms with Gasteiger partial charge in [-0.25, -0.2) is 6.08 Å². The zero-order valence-corrected chi connectivity index (χ0v) is 17.3. The Bertz CT molecular complexity index is 519. The van der Waals surface area contributed by atoms with Gasteiger partial charge in [0.1, 0.15) is 12.4 Å². The van der Waals surface area contributed by atoms with Gasteiger partial charge in [-0.1, -0.05) is 22.4 Å². The summed E-state index contributed by atoms with van der Waals surface area (Å²) in [6, 6.07) is 7.71. The first kappa shape index (κ1) is 19.8. The van der Waals surface area contributed by atoms with Crippen LogP contribution < -0.4 is 4.74 Å². The Morgan fingerprint density at radius 3 is 2.59 bits per heavy atom. The summed E-state index contributed by atoms with van der Waals surface area (Å²) >= 11 is 3.38. The van der Waals surface area contributed by atoms with Gasteiger partial charge in [0.2, 0.25) is 5.91 Å². The Kier molecular flexibility index (Phi) is 8.84.